The summed E-state index contributed by atoms with van der Waals surface area (Å²) < 4.78 is 6.09. The average Bonchev–Trinajstić information content (AvgIpc) is 2.52. The summed E-state index contributed by atoms with van der Waals surface area (Å²) in [6, 6.07) is 7.21. The molecule has 0 aliphatic heterocycles. The van der Waals surface area contributed by atoms with E-state index in [0.717, 1.165) is 18.3 Å². The molecule has 1 amide bonds. The lowest BCUT2D eigenvalue weighted by Crippen LogP contribution is -2.55. The maximum atomic E-state index is 11.6. The Hall–Kier alpha value is -1.55. The number of hydrogen-bond donors (Lipinski definition) is 2. The zero-order chi connectivity index (χ0) is 16.1. The second kappa shape index (κ2) is 5.23. The van der Waals surface area contributed by atoms with Crippen LogP contribution in [0.5, 0.6) is 5.75 Å². The predicted molar refractivity (Wildman–Crippen MR) is 87.1 cm³/mol. The van der Waals surface area contributed by atoms with Crippen molar-refractivity contribution in [2.45, 2.75) is 38.5 Å². The van der Waals surface area contributed by atoms with Crippen molar-refractivity contribution in [3.63, 3.8) is 0 Å². The van der Waals surface area contributed by atoms with Gasteiger partial charge in [-0.05, 0) is 67.9 Å². The first-order valence-corrected chi connectivity index (χ1v) is 8.66. The Morgan fingerprint density at radius 2 is 1.83 bits per heavy atom. The third-order valence-corrected chi connectivity index (χ3v) is 6.33. The van der Waals surface area contributed by atoms with Gasteiger partial charge >= 0.3 is 0 Å². The number of carbonyl (C=O) groups is 1. The van der Waals surface area contributed by atoms with Gasteiger partial charge in [-0.1, -0.05) is 12.1 Å². The second-order valence-electron chi connectivity index (χ2n) is 8.27. The molecule has 4 fully saturated rings. The molecular formula is C19H25NO3. The van der Waals surface area contributed by atoms with E-state index in [1.165, 1.54) is 32.1 Å². The molecule has 0 heterocycles. The zero-order valence-corrected chi connectivity index (χ0v) is 13.5. The Labute approximate surface area is 137 Å². The topological polar surface area (TPSA) is 72.6 Å². The summed E-state index contributed by atoms with van der Waals surface area (Å²) >= 11 is 0. The van der Waals surface area contributed by atoms with E-state index < -0.39 is 5.91 Å². The van der Waals surface area contributed by atoms with Crippen LogP contribution in [0.1, 0.15) is 48.9 Å². The molecule has 5 rings (SSSR count). The number of ether oxygens (including phenoxy) is 1. The normalized spacial score (nSPS) is 37.8. The highest BCUT2D eigenvalue weighted by Gasteiger charge is 2.57. The maximum Gasteiger partial charge on any atom is 0.252 e. The van der Waals surface area contributed by atoms with Gasteiger partial charge in [-0.2, -0.15) is 0 Å². The molecular weight excluding hydrogens is 290 g/mol. The van der Waals surface area contributed by atoms with Gasteiger partial charge in [0.1, 0.15) is 5.75 Å². The number of primary amides is 1. The van der Waals surface area contributed by atoms with Crippen molar-refractivity contribution in [3.8, 4) is 5.75 Å². The molecule has 4 saturated carbocycles. The van der Waals surface area contributed by atoms with Gasteiger partial charge in [0.25, 0.3) is 5.91 Å². The number of carbonyl (C=O) groups excluding carboxylic acids is 1. The van der Waals surface area contributed by atoms with Gasteiger partial charge in [0.05, 0.1) is 12.2 Å². The van der Waals surface area contributed by atoms with Crippen molar-refractivity contribution < 1.29 is 14.6 Å². The van der Waals surface area contributed by atoms with Gasteiger partial charge in [0.15, 0.2) is 0 Å². The fraction of sp³-hybridized carbons (Fsp3) is 0.632. The first-order valence-electron chi connectivity index (χ1n) is 8.66. The number of para-hydroxylation sites is 1. The van der Waals surface area contributed by atoms with Crippen LogP contribution in [0.25, 0.3) is 0 Å². The molecule has 0 saturated heterocycles. The van der Waals surface area contributed by atoms with Gasteiger partial charge in [0, 0.05) is 12.0 Å². The van der Waals surface area contributed by atoms with E-state index in [-0.39, 0.29) is 10.8 Å². The number of nitrogens with two attached hydrogens (primary N) is 1. The summed E-state index contributed by atoms with van der Waals surface area (Å²) in [6.45, 7) is 0.936. The minimum atomic E-state index is -0.446. The molecule has 2 atom stereocenters. The van der Waals surface area contributed by atoms with Gasteiger partial charge < -0.3 is 15.6 Å². The summed E-state index contributed by atoms with van der Waals surface area (Å²) in [4.78, 5) is 11.6. The highest BCUT2D eigenvalue weighted by atomic mass is 16.5. The number of aliphatic hydroxyl groups is 1. The molecule has 4 nitrogen and oxygen atoms in total. The Kier molecular flexibility index (Phi) is 3.41. The van der Waals surface area contributed by atoms with Crippen molar-refractivity contribution in [2.24, 2.45) is 28.4 Å². The minimum absolute atomic E-state index is 0.122. The monoisotopic (exact) mass is 315 g/mol. The molecule has 2 unspecified atom stereocenters. The maximum absolute atomic E-state index is 11.6. The number of benzene rings is 1. The summed E-state index contributed by atoms with van der Waals surface area (Å²) in [5.74, 6) is 1.61. The van der Waals surface area contributed by atoms with Crippen LogP contribution in [0.15, 0.2) is 24.3 Å². The molecule has 0 aromatic heterocycles. The van der Waals surface area contributed by atoms with Crippen molar-refractivity contribution in [1.29, 1.82) is 0 Å². The molecule has 0 spiro atoms. The summed E-state index contributed by atoms with van der Waals surface area (Å²) in [7, 11) is 0. The molecule has 1 aromatic rings. The molecule has 4 heteroatoms. The van der Waals surface area contributed by atoms with E-state index in [9.17, 15) is 9.90 Å². The van der Waals surface area contributed by atoms with Crippen molar-refractivity contribution in [3.05, 3.63) is 29.8 Å². The Morgan fingerprint density at radius 1 is 1.17 bits per heavy atom. The Morgan fingerprint density at radius 3 is 2.48 bits per heavy atom. The lowest BCUT2D eigenvalue weighted by Gasteiger charge is -2.61. The molecule has 4 aliphatic carbocycles. The summed E-state index contributed by atoms with van der Waals surface area (Å²) in [5, 5.41) is 9.95. The minimum Gasteiger partial charge on any atom is -0.492 e. The highest BCUT2D eigenvalue weighted by molar-refractivity contribution is 5.95. The molecule has 124 valence electrons. The van der Waals surface area contributed by atoms with Gasteiger partial charge in [-0.25, -0.2) is 0 Å². The fourth-order valence-electron chi connectivity index (χ4n) is 6.03. The van der Waals surface area contributed by atoms with Crippen molar-refractivity contribution >= 4 is 5.91 Å². The molecule has 1 aromatic carbocycles. The van der Waals surface area contributed by atoms with Crippen LogP contribution in [0.4, 0.5) is 0 Å². The second-order valence-corrected chi connectivity index (χ2v) is 8.27. The third-order valence-electron chi connectivity index (χ3n) is 6.33. The van der Waals surface area contributed by atoms with E-state index in [2.05, 4.69) is 0 Å². The van der Waals surface area contributed by atoms with Crippen molar-refractivity contribution in [1.82, 2.24) is 0 Å². The zero-order valence-electron chi connectivity index (χ0n) is 13.5. The molecule has 4 bridgehead atoms. The largest absolute Gasteiger partial charge is 0.492 e. The van der Waals surface area contributed by atoms with Crippen LogP contribution in [0, 0.1) is 22.7 Å². The molecule has 0 radical (unpaired) electrons. The summed E-state index contributed by atoms with van der Waals surface area (Å²) in [5.41, 5.74) is 6.18. The van der Waals surface area contributed by atoms with Crippen LogP contribution in [0.2, 0.25) is 0 Å². The van der Waals surface area contributed by atoms with Crippen LogP contribution >= 0.6 is 0 Å². The highest BCUT2D eigenvalue weighted by Crippen LogP contribution is 2.65. The number of amides is 1. The quantitative estimate of drug-likeness (QED) is 0.877. The van der Waals surface area contributed by atoms with Gasteiger partial charge in [-0.15, -0.1) is 0 Å². The van der Waals surface area contributed by atoms with E-state index in [0.29, 0.717) is 24.5 Å². The van der Waals surface area contributed by atoms with E-state index in [1.54, 1.807) is 12.1 Å². The summed E-state index contributed by atoms with van der Waals surface area (Å²) in [6.07, 6.45) is 7.14. The SMILES string of the molecule is NC(=O)c1ccccc1OCC12CC3CC(CC(CO)(C3)C1)C2. The van der Waals surface area contributed by atoms with Gasteiger partial charge in [-0.3, -0.25) is 4.79 Å². The standard InChI is InChI=1S/C19H25NO3/c20-17(22)15-3-1-2-4-16(15)23-12-19-8-13-5-14(9-19)7-18(6-13,10-19)11-21/h1-4,13-14,21H,5-12H2,(H2,20,22). The first-order chi connectivity index (χ1) is 11.0. The number of hydrogen-bond acceptors (Lipinski definition) is 3. The Bertz CT molecular complexity index is 613. The van der Waals surface area contributed by atoms with Crippen LogP contribution in [0.3, 0.4) is 0 Å². The average molecular weight is 315 g/mol. The van der Waals surface area contributed by atoms with Crippen molar-refractivity contribution in [2.75, 3.05) is 13.2 Å². The number of rotatable bonds is 5. The molecule has 3 N–H and O–H groups in total. The smallest absolute Gasteiger partial charge is 0.252 e. The lowest BCUT2D eigenvalue weighted by molar-refractivity contribution is -0.141. The van der Waals surface area contributed by atoms with Crippen LogP contribution in [-0.4, -0.2) is 24.2 Å². The molecule has 4 aliphatic rings. The lowest BCUT2D eigenvalue weighted by atomic mass is 9.44. The van der Waals surface area contributed by atoms with E-state index >= 15 is 0 Å². The fourth-order valence-corrected chi connectivity index (χ4v) is 6.03. The van der Waals surface area contributed by atoms with E-state index in [1.807, 2.05) is 12.1 Å². The first kappa shape index (κ1) is 15.0. The predicted octanol–water partition coefficient (Wildman–Crippen LogP) is 2.74. The van der Waals surface area contributed by atoms with Crippen LogP contribution in [-0.2, 0) is 0 Å². The van der Waals surface area contributed by atoms with Crippen LogP contribution < -0.4 is 10.5 Å². The Balaban J connectivity index is 1.54. The molecule has 23 heavy (non-hydrogen) atoms. The van der Waals surface area contributed by atoms with Gasteiger partial charge in [0.2, 0.25) is 0 Å². The third kappa shape index (κ3) is 2.53. The van der Waals surface area contributed by atoms with E-state index in [4.69, 9.17) is 10.5 Å². The number of aliphatic hydroxyl groups excluding tert-OH is 1.